The first-order valence-corrected chi connectivity index (χ1v) is 12.2. The number of nitrogens with zero attached hydrogens (tertiary/aromatic N) is 1. The first kappa shape index (κ1) is 24.3. The average molecular weight is 495 g/mol. The molecular weight excluding hydrogens is 471 g/mol. The van der Waals surface area contributed by atoms with Crippen LogP contribution in [0, 0.1) is 12.7 Å². The largest absolute Gasteiger partial charge is 0.465 e. The number of benzene rings is 3. The van der Waals surface area contributed by atoms with Crippen molar-refractivity contribution >= 4 is 26.9 Å². The molecule has 0 aliphatic rings. The number of carbonyl (C=O) groups is 1. The molecule has 0 bridgehead atoms. The molecule has 9 heteroatoms. The van der Waals surface area contributed by atoms with Crippen LogP contribution in [0.15, 0.2) is 82.5 Å². The number of carbonyl (C=O) groups excluding carboxylic acids is 1. The van der Waals surface area contributed by atoms with Gasteiger partial charge in [0.1, 0.15) is 5.82 Å². The highest BCUT2D eigenvalue weighted by Crippen LogP contribution is 2.25. The van der Waals surface area contributed by atoms with E-state index in [1.807, 2.05) is 19.1 Å². The standard InChI is InChI=1S/C26H23FN2O5S/c1-17-7-12-23-19(13-17)14-20(25(30)28-23)16-29(15-18-8-10-21(27)11-9-18)35(32,33)24-6-4-3-5-22(24)26(31)34-2/h3-14H,15-16H2,1-2H3,(H,28,30). The maximum Gasteiger partial charge on any atom is 0.339 e. The van der Waals surface area contributed by atoms with Crippen LogP contribution < -0.4 is 5.56 Å². The minimum Gasteiger partial charge on any atom is -0.465 e. The second kappa shape index (κ2) is 9.81. The second-order valence-corrected chi connectivity index (χ2v) is 10.0. The number of halogens is 1. The molecule has 0 saturated carbocycles. The Morgan fingerprint density at radius 2 is 1.71 bits per heavy atom. The van der Waals surface area contributed by atoms with Crippen LogP contribution in [-0.2, 0) is 27.8 Å². The number of H-pyrrole nitrogens is 1. The summed E-state index contributed by atoms with van der Waals surface area (Å²) in [6.45, 7) is 1.50. The van der Waals surface area contributed by atoms with Crippen LogP contribution in [-0.4, -0.2) is 30.8 Å². The average Bonchev–Trinajstić information content (AvgIpc) is 2.85. The molecule has 0 aliphatic carbocycles. The van der Waals surface area contributed by atoms with Crippen molar-refractivity contribution in [2.45, 2.75) is 24.9 Å². The van der Waals surface area contributed by atoms with Crippen molar-refractivity contribution in [1.82, 2.24) is 9.29 Å². The van der Waals surface area contributed by atoms with E-state index in [2.05, 4.69) is 4.98 Å². The predicted octanol–water partition coefficient (Wildman–Crippen LogP) is 4.15. The number of aryl methyl sites for hydroxylation is 1. The van der Waals surface area contributed by atoms with Crippen LogP contribution in [0.5, 0.6) is 0 Å². The third kappa shape index (κ3) is 5.16. The van der Waals surface area contributed by atoms with Crippen LogP contribution >= 0.6 is 0 Å². The predicted molar refractivity (Wildman–Crippen MR) is 130 cm³/mol. The Balaban J connectivity index is 1.83. The number of pyridine rings is 1. The molecule has 4 rings (SSSR count). The Morgan fingerprint density at radius 3 is 2.43 bits per heavy atom. The van der Waals surface area contributed by atoms with E-state index in [-0.39, 0.29) is 29.1 Å². The van der Waals surface area contributed by atoms with Gasteiger partial charge in [0.05, 0.1) is 17.6 Å². The molecule has 1 heterocycles. The van der Waals surface area contributed by atoms with E-state index in [1.165, 1.54) is 55.6 Å². The zero-order valence-corrected chi connectivity index (χ0v) is 19.9. The fourth-order valence-corrected chi connectivity index (χ4v) is 5.39. The lowest BCUT2D eigenvalue weighted by Gasteiger charge is -2.23. The van der Waals surface area contributed by atoms with E-state index in [0.717, 1.165) is 15.3 Å². The smallest absolute Gasteiger partial charge is 0.339 e. The highest BCUT2D eigenvalue weighted by atomic mass is 32.2. The molecule has 3 aromatic carbocycles. The van der Waals surface area contributed by atoms with E-state index in [0.29, 0.717) is 11.1 Å². The summed E-state index contributed by atoms with van der Waals surface area (Å²) < 4.78 is 46.9. The lowest BCUT2D eigenvalue weighted by molar-refractivity contribution is 0.0596. The van der Waals surface area contributed by atoms with Gasteiger partial charge < -0.3 is 9.72 Å². The van der Waals surface area contributed by atoms with Crippen LogP contribution in [0.4, 0.5) is 4.39 Å². The van der Waals surface area contributed by atoms with Crippen molar-refractivity contribution in [3.63, 3.8) is 0 Å². The molecule has 0 spiro atoms. The monoisotopic (exact) mass is 494 g/mol. The summed E-state index contributed by atoms with van der Waals surface area (Å²) >= 11 is 0. The van der Waals surface area contributed by atoms with Crippen LogP contribution in [0.2, 0.25) is 0 Å². The van der Waals surface area contributed by atoms with Gasteiger partial charge in [0, 0.05) is 24.2 Å². The van der Waals surface area contributed by atoms with Gasteiger partial charge in [-0.05, 0) is 60.3 Å². The molecule has 0 saturated heterocycles. The van der Waals surface area contributed by atoms with Crippen molar-refractivity contribution in [2.75, 3.05) is 7.11 Å². The minimum atomic E-state index is -4.29. The lowest BCUT2D eigenvalue weighted by atomic mass is 10.1. The quantitative estimate of drug-likeness (QED) is 0.389. The summed E-state index contributed by atoms with van der Waals surface area (Å²) in [4.78, 5) is 27.7. The Kier molecular flexibility index (Phi) is 6.81. The number of aromatic nitrogens is 1. The van der Waals surface area contributed by atoms with Crippen molar-refractivity contribution in [3.8, 4) is 0 Å². The highest BCUT2D eigenvalue weighted by molar-refractivity contribution is 7.89. The minimum absolute atomic E-state index is 0.123. The number of aromatic amines is 1. The van der Waals surface area contributed by atoms with Crippen LogP contribution in [0.1, 0.15) is 27.0 Å². The van der Waals surface area contributed by atoms with Crippen LogP contribution in [0.25, 0.3) is 10.9 Å². The number of esters is 1. The number of sulfonamides is 1. The van der Waals surface area contributed by atoms with E-state index in [4.69, 9.17) is 4.74 Å². The SMILES string of the molecule is COC(=O)c1ccccc1S(=O)(=O)N(Cc1ccc(F)cc1)Cc1cc2cc(C)ccc2[nH]c1=O. The molecule has 4 aromatic rings. The number of fused-ring (bicyclic) bond motifs is 1. The number of hydrogen-bond acceptors (Lipinski definition) is 5. The van der Waals surface area contributed by atoms with Gasteiger partial charge in [0.25, 0.3) is 5.56 Å². The Labute approximate surface area is 201 Å². The van der Waals surface area contributed by atoms with Gasteiger partial charge in [-0.1, -0.05) is 35.9 Å². The first-order valence-electron chi connectivity index (χ1n) is 10.7. The number of nitrogens with one attached hydrogen (secondary N) is 1. The van der Waals surface area contributed by atoms with E-state index in [1.54, 1.807) is 12.1 Å². The normalized spacial score (nSPS) is 11.7. The number of methoxy groups -OCH3 is 1. The lowest BCUT2D eigenvalue weighted by Crippen LogP contribution is -2.33. The molecule has 0 fully saturated rings. The van der Waals surface area contributed by atoms with E-state index < -0.39 is 27.4 Å². The molecule has 0 amide bonds. The zero-order valence-electron chi connectivity index (χ0n) is 19.1. The van der Waals surface area contributed by atoms with Gasteiger partial charge in [-0.3, -0.25) is 4.79 Å². The first-order chi connectivity index (χ1) is 16.7. The summed E-state index contributed by atoms with van der Waals surface area (Å²) in [5, 5.41) is 0.758. The Morgan fingerprint density at radius 1 is 1.00 bits per heavy atom. The fraction of sp³-hybridized carbons (Fsp3) is 0.154. The second-order valence-electron chi connectivity index (χ2n) is 8.10. The summed E-state index contributed by atoms with van der Waals surface area (Å²) in [5.41, 5.74) is 1.80. The molecule has 1 aromatic heterocycles. The molecule has 35 heavy (non-hydrogen) atoms. The molecular formula is C26H23FN2O5S. The van der Waals surface area contributed by atoms with Gasteiger partial charge in [-0.2, -0.15) is 4.31 Å². The number of rotatable bonds is 7. The summed E-state index contributed by atoms with van der Waals surface area (Å²) in [5.74, 6) is -1.26. The van der Waals surface area contributed by atoms with E-state index in [9.17, 15) is 22.4 Å². The van der Waals surface area contributed by atoms with Crippen molar-refractivity contribution in [2.24, 2.45) is 0 Å². The van der Waals surface area contributed by atoms with Crippen molar-refractivity contribution in [1.29, 1.82) is 0 Å². The Hall–Kier alpha value is -3.82. The highest BCUT2D eigenvalue weighted by Gasteiger charge is 2.30. The maximum absolute atomic E-state index is 13.8. The van der Waals surface area contributed by atoms with Gasteiger partial charge in [-0.25, -0.2) is 17.6 Å². The third-order valence-corrected chi connectivity index (χ3v) is 7.46. The summed E-state index contributed by atoms with van der Waals surface area (Å²) in [6.07, 6.45) is 0. The van der Waals surface area contributed by atoms with Gasteiger partial charge >= 0.3 is 5.97 Å². The van der Waals surface area contributed by atoms with Crippen LogP contribution in [0.3, 0.4) is 0 Å². The molecule has 0 atom stereocenters. The molecule has 180 valence electrons. The molecule has 7 nitrogen and oxygen atoms in total. The van der Waals surface area contributed by atoms with Gasteiger partial charge in [0.2, 0.25) is 10.0 Å². The molecule has 0 aliphatic heterocycles. The summed E-state index contributed by atoms with van der Waals surface area (Å²) in [7, 11) is -3.12. The number of ether oxygens (including phenoxy) is 1. The molecule has 0 unspecified atom stereocenters. The summed E-state index contributed by atoms with van der Waals surface area (Å²) in [6, 6.07) is 18.3. The van der Waals surface area contributed by atoms with Gasteiger partial charge in [0.15, 0.2) is 0 Å². The van der Waals surface area contributed by atoms with Gasteiger partial charge in [-0.15, -0.1) is 0 Å². The van der Waals surface area contributed by atoms with E-state index >= 15 is 0 Å². The molecule has 0 radical (unpaired) electrons. The third-order valence-electron chi connectivity index (χ3n) is 5.61. The van der Waals surface area contributed by atoms with Crippen molar-refractivity contribution in [3.05, 3.63) is 111 Å². The fourth-order valence-electron chi connectivity index (χ4n) is 3.81. The Bertz CT molecular complexity index is 1560. The van der Waals surface area contributed by atoms with Crippen molar-refractivity contribution < 1.29 is 22.3 Å². The molecule has 1 N–H and O–H groups in total. The zero-order chi connectivity index (χ0) is 25.2. The maximum atomic E-state index is 13.8. The topological polar surface area (TPSA) is 96.5 Å². The number of hydrogen-bond donors (Lipinski definition) is 1.